The molecular weight excluding hydrogens is 155 g/mol. The molecule has 2 nitrogen and oxygen atoms in total. The highest BCUT2D eigenvalue weighted by molar-refractivity contribution is 5.42. The highest BCUT2D eigenvalue weighted by atomic mass is 19.1. The van der Waals surface area contributed by atoms with E-state index >= 15 is 0 Å². The van der Waals surface area contributed by atoms with Crippen LogP contribution in [0, 0.1) is 17.1 Å². The molecular formula is C9H9FN2. The standard InChI is InChI=1S/C9H9FN2/c1-6(5-11)8-3-2-7(12)4-9(8)10/h2-4,6H,12H2,1H3. The van der Waals surface area contributed by atoms with Crippen LogP contribution in [-0.2, 0) is 0 Å². The van der Waals surface area contributed by atoms with Gasteiger partial charge in [-0.1, -0.05) is 6.07 Å². The van der Waals surface area contributed by atoms with Gasteiger partial charge in [-0.15, -0.1) is 0 Å². The SMILES string of the molecule is CC(C#N)c1ccc(N)cc1F. The molecule has 0 heterocycles. The van der Waals surface area contributed by atoms with E-state index in [0.717, 1.165) is 0 Å². The maximum absolute atomic E-state index is 13.1. The fourth-order valence-electron chi connectivity index (χ4n) is 0.964. The Morgan fingerprint density at radius 2 is 2.25 bits per heavy atom. The molecule has 0 aliphatic carbocycles. The minimum atomic E-state index is -0.425. The Bertz CT molecular complexity index is 328. The monoisotopic (exact) mass is 164 g/mol. The van der Waals surface area contributed by atoms with Crippen LogP contribution in [0.25, 0.3) is 0 Å². The number of nitrogens with two attached hydrogens (primary N) is 1. The van der Waals surface area contributed by atoms with Crippen molar-refractivity contribution in [2.75, 3.05) is 5.73 Å². The second-order valence-electron chi connectivity index (χ2n) is 2.63. The molecule has 1 aromatic carbocycles. The summed E-state index contributed by atoms with van der Waals surface area (Å²) in [6.45, 7) is 1.65. The summed E-state index contributed by atoms with van der Waals surface area (Å²) >= 11 is 0. The summed E-state index contributed by atoms with van der Waals surface area (Å²) in [5.41, 5.74) is 6.12. The van der Waals surface area contributed by atoms with Crippen molar-refractivity contribution in [2.45, 2.75) is 12.8 Å². The first-order valence-corrected chi connectivity index (χ1v) is 3.59. The van der Waals surface area contributed by atoms with Crippen molar-refractivity contribution >= 4 is 5.69 Å². The van der Waals surface area contributed by atoms with Gasteiger partial charge in [-0.25, -0.2) is 4.39 Å². The van der Waals surface area contributed by atoms with E-state index in [4.69, 9.17) is 11.0 Å². The van der Waals surface area contributed by atoms with Crippen LogP contribution in [0.15, 0.2) is 18.2 Å². The van der Waals surface area contributed by atoms with Crippen LogP contribution in [0.5, 0.6) is 0 Å². The Balaban J connectivity index is 3.11. The highest BCUT2D eigenvalue weighted by Gasteiger charge is 2.09. The van der Waals surface area contributed by atoms with E-state index in [1.807, 2.05) is 6.07 Å². The molecule has 12 heavy (non-hydrogen) atoms. The molecule has 62 valence electrons. The number of nitriles is 1. The van der Waals surface area contributed by atoms with Gasteiger partial charge in [0.25, 0.3) is 0 Å². The number of hydrogen-bond donors (Lipinski definition) is 1. The highest BCUT2D eigenvalue weighted by Crippen LogP contribution is 2.19. The largest absolute Gasteiger partial charge is 0.399 e. The third kappa shape index (κ3) is 1.54. The van der Waals surface area contributed by atoms with Crippen molar-refractivity contribution in [2.24, 2.45) is 0 Å². The smallest absolute Gasteiger partial charge is 0.129 e. The number of hydrogen-bond acceptors (Lipinski definition) is 2. The first-order chi connectivity index (χ1) is 5.65. The van der Waals surface area contributed by atoms with Crippen LogP contribution < -0.4 is 5.73 Å². The maximum Gasteiger partial charge on any atom is 0.129 e. The Morgan fingerprint density at radius 3 is 2.75 bits per heavy atom. The van der Waals surface area contributed by atoms with Crippen molar-refractivity contribution in [1.82, 2.24) is 0 Å². The third-order valence-electron chi connectivity index (χ3n) is 1.68. The van der Waals surface area contributed by atoms with Crippen molar-refractivity contribution in [3.05, 3.63) is 29.6 Å². The zero-order chi connectivity index (χ0) is 9.14. The lowest BCUT2D eigenvalue weighted by Gasteiger charge is -2.04. The van der Waals surface area contributed by atoms with Gasteiger partial charge in [0.2, 0.25) is 0 Å². The molecule has 1 unspecified atom stereocenters. The second kappa shape index (κ2) is 3.22. The first kappa shape index (κ1) is 8.54. The molecule has 0 spiro atoms. The Hall–Kier alpha value is -1.56. The summed E-state index contributed by atoms with van der Waals surface area (Å²) in [7, 11) is 0. The Kier molecular flexibility index (Phi) is 2.29. The zero-order valence-electron chi connectivity index (χ0n) is 6.71. The summed E-state index contributed by atoms with van der Waals surface area (Å²) in [6, 6.07) is 6.32. The number of nitrogen functional groups attached to an aromatic ring is 1. The number of anilines is 1. The average Bonchev–Trinajstić information content (AvgIpc) is 2.03. The Labute approximate surface area is 70.4 Å². The number of rotatable bonds is 1. The van der Waals surface area contributed by atoms with Crippen LogP contribution >= 0.6 is 0 Å². The van der Waals surface area contributed by atoms with Gasteiger partial charge >= 0.3 is 0 Å². The van der Waals surface area contributed by atoms with Gasteiger partial charge in [-0.05, 0) is 19.1 Å². The fraction of sp³-hybridized carbons (Fsp3) is 0.222. The predicted octanol–water partition coefficient (Wildman–Crippen LogP) is 2.03. The molecule has 0 radical (unpaired) electrons. The topological polar surface area (TPSA) is 49.8 Å². The maximum atomic E-state index is 13.1. The summed E-state index contributed by atoms with van der Waals surface area (Å²) in [5.74, 6) is -0.838. The Morgan fingerprint density at radius 1 is 1.58 bits per heavy atom. The van der Waals surface area contributed by atoms with Gasteiger partial charge in [-0.2, -0.15) is 5.26 Å². The van der Waals surface area contributed by atoms with Gasteiger partial charge in [0.15, 0.2) is 0 Å². The summed E-state index contributed by atoms with van der Waals surface area (Å²) in [4.78, 5) is 0. The second-order valence-corrected chi connectivity index (χ2v) is 2.63. The van der Waals surface area contributed by atoms with Crippen LogP contribution in [0.2, 0.25) is 0 Å². The molecule has 1 rings (SSSR count). The van der Waals surface area contributed by atoms with Gasteiger partial charge in [0.1, 0.15) is 5.82 Å². The minimum absolute atomic E-state index is 0.376. The lowest BCUT2D eigenvalue weighted by atomic mass is 10.0. The van der Waals surface area contributed by atoms with Crippen molar-refractivity contribution < 1.29 is 4.39 Å². The van der Waals surface area contributed by atoms with Crippen LogP contribution in [0.4, 0.5) is 10.1 Å². The van der Waals surface area contributed by atoms with Crippen LogP contribution in [0.1, 0.15) is 18.4 Å². The van der Waals surface area contributed by atoms with Gasteiger partial charge in [-0.3, -0.25) is 0 Å². The minimum Gasteiger partial charge on any atom is -0.399 e. The number of benzene rings is 1. The fourth-order valence-corrected chi connectivity index (χ4v) is 0.964. The molecule has 0 aliphatic heterocycles. The van der Waals surface area contributed by atoms with E-state index in [0.29, 0.717) is 11.3 Å². The lowest BCUT2D eigenvalue weighted by Crippen LogP contribution is -1.96. The van der Waals surface area contributed by atoms with Crippen molar-refractivity contribution in [1.29, 1.82) is 5.26 Å². The molecule has 3 heteroatoms. The molecule has 0 aliphatic rings. The van der Waals surface area contributed by atoms with Gasteiger partial charge in [0.05, 0.1) is 12.0 Å². The van der Waals surface area contributed by atoms with Crippen molar-refractivity contribution in [3.63, 3.8) is 0 Å². The van der Waals surface area contributed by atoms with E-state index in [1.54, 1.807) is 19.1 Å². The van der Waals surface area contributed by atoms with E-state index in [2.05, 4.69) is 0 Å². The summed E-state index contributed by atoms with van der Waals surface area (Å²) in [6.07, 6.45) is 0. The first-order valence-electron chi connectivity index (χ1n) is 3.59. The van der Waals surface area contributed by atoms with E-state index in [9.17, 15) is 4.39 Å². The molecule has 0 amide bonds. The molecule has 0 saturated carbocycles. The third-order valence-corrected chi connectivity index (χ3v) is 1.68. The molecule has 2 N–H and O–H groups in total. The molecule has 0 bridgehead atoms. The van der Waals surface area contributed by atoms with Gasteiger partial charge in [0, 0.05) is 11.3 Å². The lowest BCUT2D eigenvalue weighted by molar-refractivity contribution is 0.607. The van der Waals surface area contributed by atoms with Crippen LogP contribution in [-0.4, -0.2) is 0 Å². The normalized spacial score (nSPS) is 12.1. The quantitative estimate of drug-likeness (QED) is 0.645. The zero-order valence-corrected chi connectivity index (χ0v) is 6.71. The molecule has 0 aromatic heterocycles. The van der Waals surface area contributed by atoms with E-state index in [-0.39, 0.29) is 0 Å². The molecule has 1 atom stereocenters. The van der Waals surface area contributed by atoms with E-state index in [1.165, 1.54) is 6.07 Å². The predicted molar refractivity (Wildman–Crippen MR) is 44.8 cm³/mol. The molecule has 0 saturated heterocycles. The van der Waals surface area contributed by atoms with Crippen LogP contribution in [0.3, 0.4) is 0 Å². The number of halogens is 1. The average molecular weight is 164 g/mol. The molecule has 1 aromatic rings. The molecule has 0 fully saturated rings. The summed E-state index contributed by atoms with van der Waals surface area (Å²) in [5, 5.41) is 8.53. The van der Waals surface area contributed by atoms with E-state index < -0.39 is 11.7 Å². The number of nitrogens with zero attached hydrogens (tertiary/aromatic N) is 1. The van der Waals surface area contributed by atoms with Gasteiger partial charge < -0.3 is 5.73 Å². The summed E-state index contributed by atoms with van der Waals surface area (Å²) < 4.78 is 13.1. The van der Waals surface area contributed by atoms with Crippen molar-refractivity contribution in [3.8, 4) is 6.07 Å².